The van der Waals surface area contributed by atoms with Crippen LogP contribution in [0.4, 0.5) is 0 Å². The lowest BCUT2D eigenvalue weighted by Gasteiger charge is -2.47. The zero-order valence-electron chi connectivity index (χ0n) is 82.2. The van der Waals surface area contributed by atoms with Gasteiger partial charge in [-0.2, -0.15) is 0 Å². The van der Waals surface area contributed by atoms with Crippen LogP contribution in [0.15, 0.2) is 340 Å². The van der Waals surface area contributed by atoms with Gasteiger partial charge in [-0.05, 0) is 68.8 Å². The van der Waals surface area contributed by atoms with Gasteiger partial charge in [0.05, 0.1) is 160 Å². The molecule has 2 saturated heterocycles. The fraction of sp³-hybridized carbons (Fsp3) is 0.254. The molecule has 764 valence electrons. The van der Waals surface area contributed by atoms with E-state index in [9.17, 15) is 40.2 Å². The summed E-state index contributed by atoms with van der Waals surface area (Å²) in [6, 6.07) is 109. The van der Waals surface area contributed by atoms with Gasteiger partial charge < -0.3 is 107 Å². The molecule has 10 atom stereocenters. The van der Waals surface area contributed by atoms with Crippen molar-refractivity contribution < 1.29 is 107 Å². The molecule has 0 saturated carbocycles. The Hall–Kier alpha value is -14.2. The monoisotopic (exact) mass is 2000 g/mol. The molecule has 4 aromatic heterocycles. The molecule has 12 N–H and O–H groups in total. The van der Waals surface area contributed by atoms with E-state index in [0.29, 0.717) is 98.5 Å². The Morgan fingerprint density at radius 2 is 0.622 bits per heavy atom. The highest BCUT2D eigenvalue weighted by Crippen LogP contribution is 2.51. The summed E-state index contributed by atoms with van der Waals surface area (Å²) >= 11 is 0. The molecule has 4 aliphatic rings. The molecule has 148 heavy (non-hydrogen) atoms. The number of ether oxygens (including phenoxy) is 10. The van der Waals surface area contributed by atoms with E-state index in [-0.39, 0.29) is 61.9 Å². The summed E-state index contributed by atoms with van der Waals surface area (Å²) in [6.45, 7) is 1.85. The van der Waals surface area contributed by atoms with Gasteiger partial charge in [0.2, 0.25) is 0 Å². The first kappa shape index (κ1) is 105. The van der Waals surface area contributed by atoms with E-state index in [2.05, 4.69) is 25.4 Å². The first-order valence-corrected chi connectivity index (χ1v) is 48.9. The van der Waals surface area contributed by atoms with E-state index in [0.717, 1.165) is 79.4 Å². The highest BCUT2D eigenvalue weighted by atomic mass is 16.6. The third-order valence-electron chi connectivity index (χ3n) is 26.3. The minimum atomic E-state index is -1.65. The van der Waals surface area contributed by atoms with Gasteiger partial charge in [0.25, 0.3) is 23.6 Å². The number of hydrogen-bond donors (Lipinski definition) is 12. The average Bonchev–Trinajstić information content (AvgIpc) is 1.52. The summed E-state index contributed by atoms with van der Waals surface area (Å²) in [5.74, 6) is -2.35. The number of hydrogen-bond acceptors (Lipinski definition) is 24. The zero-order chi connectivity index (χ0) is 103. The maximum absolute atomic E-state index is 15.8. The van der Waals surface area contributed by atoms with E-state index in [1.165, 1.54) is 11.1 Å². The van der Waals surface area contributed by atoms with E-state index < -0.39 is 117 Å². The number of benzene rings is 14. The van der Waals surface area contributed by atoms with Gasteiger partial charge in [-0.25, -0.2) is 20.9 Å². The first-order valence-electron chi connectivity index (χ1n) is 48.9. The van der Waals surface area contributed by atoms with Crippen molar-refractivity contribution in [2.24, 2.45) is 0 Å². The number of imide groups is 2. The third kappa shape index (κ3) is 22.7. The Kier molecular flexibility index (Phi) is 35.8. The summed E-state index contributed by atoms with van der Waals surface area (Å²) in [4.78, 5) is 66.5. The second-order valence-electron chi connectivity index (χ2n) is 35.9. The largest absolute Gasteiger partial charge is 0.400 e. The minimum absolute atomic E-state index is 0.0777. The van der Waals surface area contributed by atoms with Crippen molar-refractivity contribution in [3.05, 3.63) is 406 Å². The molecule has 0 aliphatic carbocycles. The molecule has 18 aromatic rings. The van der Waals surface area contributed by atoms with Crippen molar-refractivity contribution in [3.63, 3.8) is 0 Å². The fourth-order valence-electron chi connectivity index (χ4n) is 19.6. The smallest absolute Gasteiger partial charge is 0.276 e. The molecule has 0 bridgehead atoms. The molecule has 4 amide bonds. The molecule has 0 spiro atoms. The van der Waals surface area contributed by atoms with E-state index in [1.54, 1.807) is 55.2 Å². The summed E-state index contributed by atoms with van der Waals surface area (Å²) < 4.78 is 68.3. The van der Waals surface area contributed by atoms with Gasteiger partial charge in [0, 0.05) is 82.6 Å². The van der Waals surface area contributed by atoms with Crippen LogP contribution in [0.25, 0.3) is 87.2 Å². The van der Waals surface area contributed by atoms with Gasteiger partial charge in [0.15, 0.2) is 12.5 Å². The van der Waals surface area contributed by atoms with Crippen LogP contribution in [0.2, 0.25) is 0 Å². The second-order valence-corrected chi connectivity index (χ2v) is 35.9. The van der Waals surface area contributed by atoms with Crippen LogP contribution < -0.4 is 10.9 Å². The van der Waals surface area contributed by atoms with Gasteiger partial charge in [0.1, 0.15) is 48.8 Å². The van der Waals surface area contributed by atoms with Gasteiger partial charge in [-0.15, -0.1) is 0 Å². The molecule has 30 nitrogen and oxygen atoms in total. The van der Waals surface area contributed by atoms with Crippen LogP contribution in [0, 0.1) is 0 Å². The number of carbonyl (C=O) groups excluding carboxylic acids is 4. The highest BCUT2D eigenvalue weighted by Gasteiger charge is 2.53. The number of fused-ring (bicyclic) bond motifs is 20. The lowest BCUT2D eigenvalue weighted by atomic mass is 9.95. The first-order chi connectivity index (χ1) is 72.7. The Balaban J connectivity index is 0.000000191. The summed E-state index contributed by atoms with van der Waals surface area (Å²) in [6.07, 6.45) is -11.3. The molecular formula is C118H120N8O22. The third-order valence-corrected chi connectivity index (χ3v) is 26.3. The van der Waals surface area contributed by atoms with E-state index >= 15 is 9.59 Å². The number of methoxy groups -OCH3 is 2. The number of amides is 4. The van der Waals surface area contributed by atoms with Crippen LogP contribution in [-0.4, -0.2) is 223 Å². The van der Waals surface area contributed by atoms with Gasteiger partial charge in [-0.3, -0.25) is 19.2 Å². The van der Waals surface area contributed by atoms with Crippen molar-refractivity contribution in [1.82, 2.24) is 40.0 Å². The molecule has 10 unspecified atom stereocenters. The Bertz CT molecular complexity index is 7350. The van der Waals surface area contributed by atoms with Crippen molar-refractivity contribution >= 4 is 111 Å². The molecule has 4 aliphatic heterocycles. The highest BCUT2D eigenvalue weighted by molar-refractivity contribution is 6.41. The number of nitrogens with one attached hydrogen (secondary N) is 4. The number of H-pyrrole nitrogens is 2. The van der Waals surface area contributed by atoms with Crippen LogP contribution >= 0.6 is 0 Å². The van der Waals surface area contributed by atoms with Crippen molar-refractivity contribution in [2.45, 2.75) is 126 Å². The minimum Gasteiger partial charge on any atom is -0.400 e. The summed E-state index contributed by atoms with van der Waals surface area (Å²) in [7, 11) is 5.40. The predicted molar refractivity (Wildman–Crippen MR) is 564 cm³/mol. The maximum atomic E-state index is 15.8. The second kappa shape index (κ2) is 50.4. The summed E-state index contributed by atoms with van der Waals surface area (Å²) in [5.41, 5.74) is 20.0. The number of aliphatic hydroxyl groups is 8. The van der Waals surface area contributed by atoms with E-state index in [4.69, 9.17) is 57.6 Å². The number of para-hydroxylation sites is 4. The van der Waals surface area contributed by atoms with Crippen molar-refractivity contribution in [3.8, 4) is 0 Å². The average molecular weight is 2000 g/mol. The molecule has 22 rings (SSSR count). The Labute approximate surface area is 854 Å². The van der Waals surface area contributed by atoms with Crippen LogP contribution in [0.1, 0.15) is 98.4 Å². The topological polar surface area (TPSA) is 394 Å². The van der Waals surface area contributed by atoms with Gasteiger partial charge in [-0.1, -0.05) is 315 Å². The molecular weight excluding hydrogens is 1880 g/mol. The van der Waals surface area contributed by atoms with Gasteiger partial charge >= 0.3 is 0 Å². The number of rotatable bonds is 34. The number of nitrogens with zero attached hydrogens (tertiary/aromatic N) is 4. The predicted octanol–water partition coefficient (Wildman–Crippen LogP) is 15.9. The van der Waals surface area contributed by atoms with Crippen LogP contribution in [-0.2, 0) is 100 Å². The maximum Gasteiger partial charge on any atom is 0.276 e. The van der Waals surface area contributed by atoms with Crippen molar-refractivity contribution in [1.29, 1.82) is 0 Å². The number of hydrazine groups is 2. The van der Waals surface area contributed by atoms with Crippen LogP contribution in [0.5, 0.6) is 0 Å². The summed E-state index contributed by atoms with van der Waals surface area (Å²) in [5, 5.41) is 82.2. The number of aromatic nitrogens is 4. The molecule has 2 fully saturated rings. The molecule has 0 radical (unpaired) electrons. The zero-order valence-corrected chi connectivity index (χ0v) is 82.2. The lowest BCUT2D eigenvalue weighted by Crippen LogP contribution is -2.59. The number of aromatic amines is 2. The van der Waals surface area contributed by atoms with Crippen molar-refractivity contribution in [2.75, 3.05) is 68.1 Å². The Morgan fingerprint density at radius 1 is 0.318 bits per heavy atom. The van der Waals surface area contributed by atoms with E-state index in [1.807, 2.05) is 303 Å². The normalized spacial score (nSPS) is 18.5. The molecule has 30 heteroatoms. The lowest BCUT2D eigenvalue weighted by molar-refractivity contribution is -0.288. The number of carbonyl (C=O) groups is 4. The van der Waals surface area contributed by atoms with Crippen LogP contribution in [0.3, 0.4) is 0 Å². The molecule has 14 aromatic carbocycles. The quantitative estimate of drug-likeness (QED) is 0.0167. The SMILES string of the molecule is CO.CO.COCc1ccccc1.COCc1ccccc1.O=C1c2c(c3c4ccccc4n(C4OC(CO)C(O)C(O)C4O)c3c3[nH]c4ccccc4c23)C(=O)N1NC(CO)CO.O=C1c2c(c3c4ccccc4n(C4OC(COCc5ccccc5)C(OCc5ccccc5)C(OCc5ccccc5)C4OCc4ccccc4)c3c3[nH]c4ccccc4c23)C(=O)N1NC(COCc1ccccc1)COCc1ccccc1. The Morgan fingerprint density at radius 3 is 0.993 bits per heavy atom. The fourth-order valence-corrected chi connectivity index (χ4v) is 19.6. The standard InChI is InChI=1S/C71H64N4O9.C29H28N4O9.2C8H10O.2CH4O/c76-69-62-60-55-35-19-21-37-57(55)72-64(60)65-61(63(62)70(77)75(69)73-54(45-78-39-48-23-7-1-8-24-48)46-79-40-49-25-9-2-10-26-49)56-36-20-22-38-58(56)74(65)71-68(83-44-53-33-17-6-18-34-53)67(82-43-52-31-15-5-16-32-52)66(81-42-51-29-13-4-14-30-51)59(84-71)47-80-41-50-27-11-3-12-28-50;34-9-12(10-35)31-33-27(40)20-18-13-5-1-3-7-15(13)30-22(18)23-19(21(20)28(33)41)14-6-2-4-8-16(14)32(23)29-26(39)25(38)24(37)17(11-36)42-29;2*1-9-7-8-5-3-2-4-6-8;2*1-2/h1-38,54,59,66-68,71-73H,39-47H2;1-8,12,17,24-26,29-31,34-39H,9-11H2;2*2-6H,7H2,1H3;2*2H,1H3. The number of aliphatic hydroxyl groups excluding tert-OH is 8. The molecule has 8 heterocycles.